The summed E-state index contributed by atoms with van der Waals surface area (Å²) in [6.45, 7) is 8.99. The minimum atomic E-state index is 0. The zero-order valence-corrected chi connectivity index (χ0v) is 16.4. The van der Waals surface area contributed by atoms with E-state index >= 15 is 0 Å². The summed E-state index contributed by atoms with van der Waals surface area (Å²) in [5.41, 5.74) is 4.42. The molecule has 1 unspecified atom stereocenters. The molecule has 24 heavy (non-hydrogen) atoms. The molecule has 0 bridgehead atoms. The average Bonchev–Trinajstić information content (AvgIpc) is 2.48. The van der Waals surface area contributed by atoms with Gasteiger partial charge in [0.2, 0.25) is 0 Å². The van der Waals surface area contributed by atoms with Crippen LogP contribution in [-0.4, -0.2) is 12.1 Å². The number of carbonyl (C=O) groups is 1. The maximum Gasteiger partial charge on any atom is 1.00 e. The molecule has 0 heterocycles. The van der Waals surface area contributed by atoms with Gasteiger partial charge in [0.05, 0.1) is 6.61 Å². The molecule has 0 radical (unpaired) electrons. The molecule has 0 saturated carbocycles. The van der Waals surface area contributed by atoms with Crippen molar-refractivity contribution < 1.29 is 29.8 Å². The molecule has 0 aliphatic heterocycles. The van der Waals surface area contributed by atoms with Gasteiger partial charge in [-0.15, -0.1) is 0 Å². The molecule has 0 aromatic heterocycles. The summed E-state index contributed by atoms with van der Waals surface area (Å²) in [5, 5.41) is 1.05. The minimum absolute atomic E-state index is 0. The van der Waals surface area contributed by atoms with Crippen LogP contribution < -0.4 is 28.9 Å². The number of hydrogen-bond acceptors (Lipinski definition) is 2. The summed E-state index contributed by atoms with van der Waals surface area (Å²) >= 11 is 0. The minimum Gasteiger partial charge on any atom is -1.00 e. The number of ether oxygens (including phenoxy) is 1. The van der Waals surface area contributed by atoms with E-state index in [4.69, 9.17) is 4.74 Å². The monoisotopic (exact) mass is 336 g/mol. The first-order valence-electron chi connectivity index (χ1n) is 8.13. The van der Waals surface area contributed by atoms with Gasteiger partial charge in [-0.2, -0.15) is 0 Å². The number of carbonyl (C=O) groups excluding carboxylic acids is 1. The van der Waals surface area contributed by atoms with Gasteiger partial charge >= 0.3 is 18.9 Å². The quantitative estimate of drug-likeness (QED) is 0.439. The standard InChI is InChI=1S/C20H25O2P.Li.H/c1-5-6-11-22-17-7-9-18(10-8-17)23-20(21)19-15(3)12-14(2)13-16(19)4;;/h7-10,12-13,23H,5-6,11H2,1-4H3;;/q;+1;-1. The van der Waals surface area contributed by atoms with Gasteiger partial charge in [-0.1, -0.05) is 43.2 Å². The van der Waals surface area contributed by atoms with Crippen LogP contribution in [-0.2, 0) is 0 Å². The second-order valence-corrected chi connectivity index (χ2v) is 7.24. The number of benzene rings is 2. The Kier molecular flexibility index (Phi) is 8.78. The summed E-state index contributed by atoms with van der Waals surface area (Å²) in [6, 6.07) is 12.1. The molecular weight excluding hydrogens is 310 g/mol. The Morgan fingerprint density at radius 2 is 1.67 bits per heavy atom. The maximum atomic E-state index is 12.6. The molecule has 124 valence electrons. The van der Waals surface area contributed by atoms with Crippen LogP contribution in [0.1, 0.15) is 48.2 Å². The number of aryl methyl sites for hydroxylation is 3. The third-order valence-corrected chi connectivity index (χ3v) is 4.88. The van der Waals surface area contributed by atoms with Crippen molar-refractivity contribution in [1.29, 1.82) is 0 Å². The van der Waals surface area contributed by atoms with Gasteiger partial charge in [0, 0.05) is 5.56 Å². The van der Waals surface area contributed by atoms with E-state index in [2.05, 4.69) is 26.0 Å². The van der Waals surface area contributed by atoms with Gasteiger partial charge in [-0.25, -0.2) is 0 Å². The van der Waals surface area contributed by atoms with Crippen LogP contribution in [0.25, 0.3) is 0 Å². The van der Waals surface area contributed by atoms with E-state index in [0.717, 1.165) is 47.2 Å². The Balaban J connectivity index is 0.00000288. The fraction of sp³-hybridized carbons (Fsp3) is 0.350. The zero-order chi connectivity index (χ0) is 16.8. The molecule has 0 aliphatic rings. The molecule has 0 amide bonds. The first kappa shape index (κ1) is 21.0. The summed E-state index contributed by atoms with van der Waals surface area (Å²) in [7, 11) is 0.150. The molecule has 4 heteroatoms. The van der Waals surface area contributed by atoms with E-state index in [1.165, 1.54) is 5.56 Å². The third-order valence-electron chi connectivity index (χ3n) is 3.78. The Morgan fingerprint density at radius 1 is 1.08 bits per heavy atom. The Morgan fingerprint density at radius 3 is 2.21 bits per heavy atom. The second kappa shape index (κ2) is 10.0. The topological polar surface area (TPSA) is 26.3 Å². The molecule has 2 rings (SSSR count). The first-order valence-corrected chi connectivity index (χ1v) is 9.13. The van der Waals surface area contributed by atoms with Crippen LogP contribution in [0.5, 0.6) is 5.75 Å². The van der Waals surface area contributed by atoms with Gasteiger partial charge in [0.15, 0.2) is 5.52 Å². The summed E-state index contributed by atoms with van der Waals surface area (Å²) in [5.74, 6) is 0.877. The third kappa shape index (κ3) is 5.78. The molecule has 2 nitrogen and oxygen atoms in total. The fourth-order valence-corrected chi connectivity index (χ4v) is 3.82. The van der Waals surface area contributed by atoms with Crippen LogP contribution in [0.3, 0.4) is 0 Å². The van der Waals surface area contributed by atoms with Crippen LogP contribution >= 0.6 is 8.58 Å². The van der Waals surface area contributed by atoms with Crippen LogP contribution in [0, 0.1) is 20.8 Å². The summed E-state index contributed by atoms with van der Waals surface area (Å²) in [4.78, 5) is 12.6. The van der Waals surface area contributed by atoms with Crippen molar-refractivity contribution >= 4 is 19.4 Å². The van der Waals surface area contributed by atoms with Gasteiger partial charge in [0.25, 0.3) is 0 Å². The van der Waals surface area contributed by atoms with Crippen molar-refractivity contribution in [3.05, 3.63) is 58.7 Å². The number of unbranched alkanes of at least 4 members (excludes halogenated alkanes) is 1. The first-order chi connectivity index (χ1) is 11.0. The second-order valence-electron chi connectivity index (χ2n) is 5.95. The summed E-state index contributed by atoms with van der Waals surface area (Å²) in [6.07, 6.45) is 2.19. The van der Waals surface area contributed by atoms with E-state index in [0.29, 0.717) is 0 Å². The predicted molar refractivity (Wildman–Crippen MR) is 101 cm³/mol. The van der Waals surface area contributed by atoms with E-state index in [1.807, 2.05) is 38.1 Å². The van der Waals surface area contributed by atoms with Gasteiger partial charge < -0.3 is 6.16 Å². The van der Waals surface area contributed by atoms with Gasteiger partial charge in [-0.05, 0) is 64.3 Å². The largest absolute Gasteiger partial charge is 1.00 e. The average molecular weight is 336 g/mol. The van der Waals surface area contributed by atoms with Gasteiger partial charge in [-0.3, -0.25) is 4.79 Å². The molecular formula is C20H26LiO2P. The molecule has 2 aromatic rings. The Bertz CT molecular complexity index is 664. The zero-order valence-electron chi connectivity index (χ0n) is 16.4. The van der Waals surface area contributed by atoms with E-state index in [-0.39, 0.29) is 34.4 Å². The van der Waals surface area contributed by atoms with Crippen molar-refractivity contribution in [3.63, 3.8) is 0 Å². The van der Waals surface area contributed by atoms with Crippen molar-refractivity contribution in [1.82, 2.24) is 0 Å². The van der Waals surface area contributed by atoms with Gasteiger partial charge in [0.1, 0.15) is 5.75 Å². The van der Waals surface area contributed by atoms with Crippen LogP contribution in [0.2, 0.25) is 0 Å². The van der Waals surface area contributed by atoms with Crippen molar-refractivity contribution in [3.8, 4) is 5.75 Å². The van der Waals surface area contributed by atoms with E-state index in [9.17, 15) is 4.79 Å². The molecule has 2 aromatic carbocycles. The maximum absolute atomic E-state index is 12.6. The smallest absolute Gasteiger partial charge is 1.00 e. The molecule has 0 spiro atoms. The summed E-state index contributed by atoms with van der Waals surface area (Å²) < 4.78 is 5.66. The number of hydrogen-bond donors (Lipinski definition) is 0. The number of rotatable bonds is 7. The Hall–Kier alpha value is -1.06. The Labute approximate surface area is 160 Å². The molecule has 0 fully saturated rings. The SMILES string of the molecule is CCCCOc1ccc(PC(=O)c2c(C)cc(C)cc2C)cc1.[H-].[Li+]. The normalized spacial score (nSPS) is 10.7. The van der Waals surface area contributed by atoms with Crippen molar-refractivity contribution in [2.24, 2.45) is 0 Å². The van der Waals surface area contributed by atoms with Crippen molar-refractivity contribution in [2.45, 2.75) is 40.5 Å². The van der Waals surface area contributed by atoms with E-state index in [1.54, 1.807) is 0 Å². The van der Waals surface area contributed by atoms with Crippen molar-refractivity contribution in [2.75, 3.05) is 6.61 Å². The molecule has 0 N–H and O–H groups in total. The van der Waals surface area contributed by atoms with E-state index < -0.39 is 0 Å². The molecule has 0 saturated heterocycles. The molecule has 1 atom stereocenters. The van der Waals surface area contributed by atoms with Crippen LogP contribution in [0.15, 0.2) is 36.4 Å². The molecule has 0 aliphatic carbocycles. The predicted octanol–water partition coefficient (Wildman–Crippen LogP) is 2.05. The fourth-order valence-electron chi connectivity index (χ4n) is 2.70. The van der Waals surface area contributed by atoms with Crippen LogP contribution in [0.4, 0.5) is 0 Å².